The highest BCUT2D eigenvalue weighted by molar-refractivity contribution is 6.20. The maximum atomic E-state index is 14.7. The van der Waals surface area contributed by atoms with Crippen molar-refractivity contribution in [2.45, 2.75) is 51.6 Å². The molecule has 1 aliphatic carbocycles. The van der Waals surface area contributed by atoms with Crippen molar-refractivity contribution in [1.29, 1.82) is 0 Å². The number of urea groups is 1. The Bertz CT molecular complexity index is 1420. The fraction of sp³-hybridized carbons (Fsp3) is 0.387. The highest BCUT2D eigenvalue weighted by Crippen LogP contribution is 2.57. The zero-order valence-corrected chi connectivity index (χ0v) is 22.1. The summed E-state index contributed by atoms with van der Waals surface area (Å²) in [5.74, 6) is -3.60. The van der Waals surface area contributed by atoms with Crippen LogP contribution in [-0.2, 0) is 32.1 Å². The van der Waals surface area contributed by atoms with Crippen LogP contribution in [0, 0.1) is 17.8 Å². The van der Waals surface area contributed by atoms with E-state index in [0.29, 0.717) is 24.8 Å². The van der Waals surface area contributed by atoms with Crippen molar-refractivity contribution in [3.05, 3.63) is 82.9 Å². The SMILES string of the molecule is CCC1=C2CC[C@H]3C(=O)N(CC)C(=O)[C@H]3[C@H]2[C@@]2(Cc3ccccc3)C(=O)N(Cc3ccccc3)C(=O)N2C1=O. The monoisotopic (exact) mass is 525 g/mol. The van der Waals surface area contributed by atoms with Gasteiger partial charge in [-0.3, -0.25) is 29.0 Å². The summed E-state index contributed by atoms with van der Waals surface area (Å²) < 4.78 is 0. The molecule has 39 heavy (non-hydrogen) atoms. The van der Waals surface area contributed by atoms with E-state index in [1.54, 1.807) is 6.92 Å². The zero-order valence-electron chi connectivity index (χ0n) is 22.1. The summed E-state index contributed by atoms with van der Waals surface area (Å²) in [5, 5.41) is 0. The highest BCUT2D eigenvalue weighted by Gasteiger charge is 2.71. The van der Waals surface area contributed by atoms with Crippen LogP contribution in [0.2, 0.25) is 0 Å². The summed E-state index contributed by atoms with van der Waals surface area (Å²) in [6.45, 7) is 3.89. The number of imide groups is 3. The van der Waals surface area contributed by atoms with Gasteiger partial charge in [0, 0.05) is 24.5 Å². The van der Waals surface area contributed by atoms with Gasteiger partial charge < -0.3 is 0 Å². The average Bonchev–Trinajstić information content (AvgIpc) is 3.32. The molecule has 6 amide bonds. The lowest BCUT2D eigenvalue weighted by atomic mass is 9.57. The molecule has 0 spiro atoms. The third-order valence-corrected chi connectivity index (χ3v) is 9.00. The number of fused-ring (bicyclic) bond motifs is 5. The zero-order chi connectivity index (χ0) is 27.5. The number of likely N-dealkylation sites (tertiary alicyclic amines) is 1. The Balaban J connectivity index is 1.58. The molecule has 4 atom stereocenters. The number of nitrogens with zero attached hydrogens (tertiary/aromatic N) is 3. The van der Waals surface area contributed by atoms with Crippen LogP contribution in [0.4, 0.5) is 4.79 Å². The molecule has 200 valence electrons. The lowest BCUT2D eigenvalue weighted by molar-refractivity contribution is -0.148. The van der Waals surface area contributed by atoms with Crippen LogP contribution in [0.1, 0.15) is 44.2 Å². The number of hydrogen-bond acceptors (Lipinski definition) is 5. The quantitative estimate of drug-likeness (QED) is 0.423. The number of carbonyl (C=O) groups excluding carboxylic acids is 5. The van der Waals surface area contributed by atoms with Crippen molar-refractivity contribution in [2.24, 2.45) is 17.8 Å². The van der Waals surface area contributed by atoms with Crippen LogP contribution < -0.4 is 0 Å². The van der Waals surface area contributed by atoms with E-state index in [0.717, 1.165) is 26.5 Å². The molecule has 2 aromatic carbocycles. The van der Waals surface area contributed by atoms with Crippen molar-refractivity contribution in [2.75, 3.05) is 6.54 Å². The van der Waals surface area contributed by atoms with Gasteiger partial charge in [0.25, 0.3) is 11.8 Å². The van der Waals surface area contributed by atoms with Crippen LogP contribution in [0.5, 0.6) is 0 Å². The fourth-order valence-electron chi connectivity index (χ4n) is 7.39. The highest BCUT2D eigenvalue weighted by atomic mass is 16.2. The molecule has 0 radical (unpaired) electrons. The summed E-state index contributed by atoms with van der Waals surface area (Å²) in [4.78, 5) is 73.6. The second-order valence-corrected chi connectivity index (χ2v) is 10.8. The smallest absolute Gasteiger partial charge is 0.282 e. The van der Waals surface area contributed by atoms with Crippen LogP contribution in [0.3, 0.4) is 0 Å². The summed E-state index contributed by atoms with van der Waals surface area (Å²) >= 11 is 0. The average molecular weight is 526 g/mol. The van der Waals surface area contributed by atoms with Gasteiger partial charge in [-0.25, -0.2) is 9.69 Å². The topological polar surface area (TPSA) is 95.1 Å². The molecule has 3 heterocycles. The molecule has 4 aliphatic rings. The molecule has 0 unspecified atom stereocenters. The minimum atomic E-state index is -1.62. The van der Waals surface area contributed by atoms with Gasteiger partial charge >= 0.3 is 6.03 Å². The Kier molecular flexibility index (Phi) is 6.01. The van der Waals surface area contributed by atoms with Crippen molar-refractivity contribution >= 4 is 29.7 Å². The molecule has 0 N–H and O–H groups in total. The van der Waals surface area contributed by atoms with Gasteiger partial charge in [-0.05, 0) is 37.3 Å². The molecule has 1 saturated carbocycles. The number of benzene rings is 2. The van der Waals surface area contributed by atoms with Gasteiger partial charge in [-0.1, -0.05) is 73.2 Å². The molecule has 2 aromatic rings. The summed E-state index contributed by atoms with van der Waals surface area (Å²) in [7, 11) is 0. The molecule has 3 fully saturated rings. The number of amides is 6. The van der Waals surface area contributed by atoms with E-state index in [1.165, 1.54) is 4.90 Å². The van der Waals surface area contributed by atoms with E-state index in [-0.39, 0.29) is 31.3 Å². The minimum absolute atomic E-state index is 0.0182. The van der Waals surface area contributed by atoms with Crippen LogP contribution in [-0.4, -0.2) is 56.4 Å². The molecule has 6 rings (SSSR count). The van der Waals surface area contributed by atoms with E-state index >= 15 is 0 Å². The molecule has 3 aliphatic heterocycles. The summed E-state index contributed by atoms with van der Waals surface area (Å²) in [6.07, 6.45) is 1.35. The molecule has 0 aromatic heterocycles. The van der Waals surface area contributed by atoms with E-state index in [1.807, 2.05) is 67.6 Å². The third kappa shape index (κ3) is 3.46. The predicted molar refractivity (Wildman–Crippen MR) is 142 cm³/mol. The van der Waals surface area contributed by atoms with Crippen molar-refractivity contribution in [3.63, 3.8) is 0 Å². The minimum Gasteiger partial charge on any atom is -0.282 e. The molecular formula is C31H31N3O5. The van der Waals surface area contributed by atoms with E-state index in [9.17, 15) is 24.0 Å². The molecule has 8 nitrogen and oxygen atoms in total. The number of hydrogen-bond donors (Lipinski definition) is 0. The molecular weight excluding hydrogens is 494 g/mol. The Hall–Kier alpha value is -4.07. The Labute approximate surface area is 227 Å². The lowest BCUT2D eigenvalue weighted by Gasteiger charge is -2.50. The Morgan fingerprint density at radius 1 is 0.821 bits per heavy atom. The second-order valence-electron chi connectivity index (χ2n) is 10.8. The molecule has 0 bridgehead atoms. The second kappa shape index (κ2) is 9.29. The van der Waals surface area contributed by atoms with Gasteiger partial charge in [-0.15, -0.1) is 0 Å². The van der Waals surface area contributed by atoms with Gasteiger partial charge in [0.05, 0.1) is 18.4 Å². The Morgan fingerprint density at radius 2 is 1.46 bits per heavy atom. The molecule has 2 saturated heterocycles. The van der Waals surface area contributed by atoms with Crippen LogP contribution >= 0.6 is 0 Å². The standard InChI is InChI=1S/C31H31N3O5/c1-3-21-22-15-16-23-24(28(37)32(4-2)26(23)35)25(22)31(17-19-11-7-5-8-12-19)29(38)33(30(39)34(31)27(21)36)18-20-13-9-6-10-14-20/h5-14,23-25H,3-4,15-18H2,1-2H3/t23-,24-,25+,31+/m1/s1. The summed E-state index contributed by atoms with van der Waals surface area (Å²) in [5.41, 5.74) is 1.17. The normalized spacial score (nSPS) is 28.3. The predicted octanol–water partition coefficient (Wildman–Crippen LogP) is 3.71. The largest absolute Gasteiger partial charge is 0.335 e. The van der Waals surface area contributed by atoms with E-state index in [2.05, 4.69) is 0 Å². The van der Waals surface area contributed by atoms with Crippen molar-refractivity contribution in [3.8, 4) is 0 Å². The van der Waals surface area contributed by atoms with Crippen LogP contribution in [0.25, 0.3) is 0 Å². The number of carbonyl (C=O) groups is 5. The van der Waals surface area contributed by atoms with Gasteiger partial charge in [0.1, 0.15) is 5.54 Å². The van der Waals surface area contributed by atoms with Gasteiger partial charge in [0.2, 0.25) is 11.8 Å². The maximum absolute atomic E-state index is 14.7. The first-order valence-corrected chi connectivity index (χ1v) is 13.7. The summed E-state index contributed by atoms with van der Waals surface area (Å²) in [6, 6.07) is 17.8. The number of rotatable bonds is 6. The third-order valence-electron chi connectivity index (χ3n) is 9.00. The first-order chi connectivity index (χ1) is 18.8. The van der Waals surface area contributed by atoms with E-state index in [4.69, 9.17) is 0 Å². The lowest BCUT2D eigenvalue weighted by Crippen LogP contribution is -2.65. The molecule has 8 heteroatoms. The van der Waals surface area contributed by atoms with E-state index < -0.39 is 41.1 Å². The van der Waals surface area contributed by atoms with Gasteiger partial charge in [0.15, 0.2) is 0 Å². The van der Waals surface area contributed by atoms with Crippen LogP contribution in [0.15, 0.2) is 71.8 Å². The first-order valence-electron chi connectivity index (χ1n) is 13.7. The Morgan fingerprint density at radius 3 is 2.08 bits per heavy atom. The maximum Gasteiger partial charge on any atom is 0.335 e. The van der Waals surface area contributed by atoms with Crippen molar-refractivity contribution < 1.29 is 24.0 Å². The van der Waals surface area contributed by atoms with Crippen molar-refractivity contribution in [1.82, 2.24) is 14.7 Å². The first kappa shape index (κ1) is 25.2. The van der Waals surface area contributed by atoms with Gasteiger partial charge in [-0.2, -0.15) is 0 Å². The fourth-order valence-corrected chi connectivity index (χ4v) is 7.39.